The monoisotopic (exact) mass is 407 g/mol. The summed E-state index contributed by atoms with van der Waals surface area (Å²) < 4.78 is 17.1. The van der Waals surface area contributed by atoms with Gasteiger partial charge in [0.05, 0.1) is 21.3 Å². The lowest BCUT2D eigenvalue weighted by Gasteiger charge is -2.15. The number of ether oxygens (including phenoxy) is 3. The van der Waals surface area contributed by atoms with Gasteiger partial charge in [0.15, 0.2) is 11.5 Å². The molecule has 0 radical (unpaired) electrons. The normalized spacial score (nSPS) is 10.2. The summed E-state index contributed by atoms with van der Waals surface area (Å²) in [5.41, 5.74) is 1.95. The molecule has 134 valence electrons. The SMILES string of the molecule is COc1ccc(CCC(=O)NCc2cccc(Br)c2)c(OC)c1OC. The van der Waals surface area contributed by atoms with Gasteiger partial charge in [0.25, 0.3) is 0 Å². The van der Waals surface area contributed by atoms with E-state index < -0.39 is 0 Å². The third-order valence-corrected chi connectivity index (χ3v) is 4.28. The first-order chi connectivity index (χ1) is 12.1. The molecule has 0 unspecified atom stereocenters. The van der Waals surface area contributed by atoms with Crippen molar-refractivity contribution >= 4 is 21.8 Å². The Morgan fingerprint density at radius 3 is 2.44 bits per heavy atom. The summed E-state index contributed by atoms with van der Waals surface area (Å²) in [6, 6.07) is 11.6. The van der Waals surface area contributed by atoms with Gasteiger partial charge in [-0.2, -0.15) is 0 Å². The van der Waals surface area contributed by atoms with Gasteiger partial charge in [0.1, 0.15) is 0 Å². The smallest absolute Gasteiger partial charge is 0.220 e. The maximum Gasteiger partial charge on any atom is 0.220 e. The van der Waals surface area contributed by atoms with Crippen molar-refractivity contribution in [3.8, 4) is 17.2 Å². The van der Waals surface area contributed by atoms with Crippen LogP contribution in [0.3, 0.4) is 0 Å². The Labute approximate surface area is 156 Å². The second-order valence-corrected chi connectivity index (χ2v) is 6.32. The van der Waals surface area contributed by atoms with Crippen LogP contribution in [0.5, 0.6) is 17.2 Å². The number of carbonyl (C=O) groups excluding carboxylic acids is 1. The minimum atomic E-state index is -0.0168. The minimum Gasteiger partial charge on any atom is -0.493 e. The van der Waals surface area contributed by atoms with Crippen LogP contribution >= 0.6 is 15.9 Å². The van der Waals surface area contributed by atoms with Gasteiger partial charge < -0.3 is 19.5 Å². The van der Waals surface area contributed by atoms with Gasteiger partial charge in [-0.3, -0.25) is 4.79 Å². The summed E-state index contributed by atoms with van der Waals surface area (Å²) in [5, 5.41) is 2.93. The standard InChI is InChI=1S/C19H22BrNO4/c1-23-16-9-7-14(18(24-2)19(16)25-3)8-10-17(22)21-12-13-5-4-6-15(20)11-13/h4-7,9,11H,8,10,12H2,1-3H3,(H,21,22). The third-order valence-electron chi connectivity index (χ3n) is 3.79. The van der Waals surface area contributed by atoms with Crippen LogP contribution in [0.25, 0.3) is 0 Å². The number of nitrogens with one attached hydrogen (secondary N) is 1. The molecule has 2 aromatic rings. The van der Waals surface area contributed by atoms with E-state index in [-0.39, 0.29) is 5.91 Å². The zero-order chi connectivity index (χ0) is 18.2. The third kappa shape index (κ3) is 5.13. The van der Waals surface area contributed by atoms with Crippen molar-refractivity contribution in [2.24, 2.45) is 0 Å². The Morgan fingerprint density at radius 1 is 1.04 bits per heavy atom. The second kappa shape index (κ2) is 9.32. The van der Waals surface area contributed by atoms with Crippen molar-refractivity contribution in [2.75, 3.05) is 21.3 Å². The Balaban J connectivity index is 1.97. The second-order valence-electron chi connectivity index (χ2n) is 5.40. The molecule has 5 nitrogen and oxygen atoms in total. The van der Waals surface area contributed by atoms with E-state index in [1.54, 1.807) is 21.3 Å². The van der Waals surface area contributed by atoms with Crippen LogP contribution in [0.15, 0.2) is 40.9 Å². The molecular weight excluding hydrogens is 386 g/mol. The molecule has 0 aliphatic rings. The van der Waals surface area contributed by atoms with Gasteiger partial charge in [0.2, 0.25) is 11.7 Å². The quantitative estimate of drug-likeness (QED) is 0.724. The highest BCUT2D eigenvalue weighted by Gasteiger charge is 2.16. The average molecular weight is 408 g/mol. The fourth-order valence-corrected chi connectivity index (χ4v) is 2.99. The number of methoxy groups -OCH3 is 3. The van der Waals surface area contributed by atoms with Crippen LogP contribution in [0.4, 0.5) is 0 Å². The molecule has 0 spiro atoms. The number of halogens is 1. The van der Waals surface area contributed by atoms with Crippen molar-refractivity contribution in [2.45, 2.75) is 19.4 Å². The molecule has 0 saturated carbocycles. The van der Waals surface area contributed by atoms with Crippen molar-refractivity contribution < 1.29 is 19.0 Å². The summed E-state index contributed by atoms with van der Waals surface area (Å²) in [4.78, 5) is 12.1. The number of hydrogen-bond acceptors (Lipinski definition) is 4. The molecule has 6 heteroatoms. The predicted molar refractivity (Wildman–Crippen MR) is 100 cm³/mol. The van der Waals surface area contributed by atoms with E-state index in [4.69, 9.17) is 14.2 Å². The van der Waals surface area contributed by atoms with Crippen LogP contribution in [-0.2, 0) is 17.8 Å². The summed E-state index contributed by atoms with van der Waals surface area (Å²) in [5.74, 6) is 1.72. The number of amides is 1. The zero-order valence-corrected chi connectivity index (χ0v) is 16.2. The molecule has 0 fully saturated rings. The molecule has 25 heavy (non-hydrogen) atoms. The van der Waals surface area contributed by atoms with Crippen molar-refractivity contribution in [3.05, 3.63) is 52.0 Å². The molecule has 1 N–H and O–H groups in total. The summed E-state index contributed by atoms with van der Waals surface area (Å²) >= 11 is 3.42. The zero-order valence-electron chi connectivity index (χ0n) is 14.6. The highest BCUT2D eigenvalue weighted by atomic mass is 79.9. The summed E-state index contributed by atoms with van der Waals surface area (Å²) in [7, 11) is 4.72. The van der Waals surface area contributed by atoms with Gasteiger partial charge >= 0.3 is 0 Å². The molecule has 0 bridgehead atoms. The summed E-state index contributed by atoms with van der Waals surface area (Å²) in [6.45, 7) is 0.501. The van der Waals surface area contributed by atoms with Gasteiger partial charge in [-0.25, -0.2) is 0 Å². The van der Waals surface area contributed by atoms with E-state index in [0.717, 1.165) is 15.6 Å². The van der Waals surface area contributed by atoms with Gasteiger partial charge in [-0.05, 0) is 35.7 Å². The fourth-order valence-electron chi connectivity index (χ4n) is 2.54. The van der Waals surface area contributed by atoms with E-state index in [2.05, 4.69) is 21.2 Å². The first-order valence-corrected chi connectivity index (χ1v) is 8.67. The van der Waals surface area contributed by atoms with E-state index in [9.17, 15) is 4.79 Å². The highest BCUT2D eigenvalue weighted by molar-refractivity contribution is 9.10. The van der Waals surface area contributed by atoms with Crippen LogP contribution < -0.4 is 19.5 Å². The van der Waals surface area contributed by atoms with Gasteiger partial charge in [-0.1, -0.05) is 34.1 Å². The molecule has 2 aromatic carbocycles. The topological polar surface area (TPSA) is 56.8 Å². The van der Waals surface area contributed by atoms with Gasteiger partial charge in [0, 0.05) is 17.4 Å². The van der Waals surface area contributed by atoms with E-state index >= 15 is 0 Å². The Kier molecular flexibility index (Phi) is 7.13. The lowest BCUT2D eigenvalue weighted by Crippen LogP contribution is -2.23. The Hall–Kier alpha value is -2.21. The maximum absolute atomic E-state index is 12.1. The van der Waals surface area contributed by atoms with E-state index in [1.807, 2.05) is 36.4 Å². The largest absolute Gasteiger partial charge is 0.493 e. The highest BCUT2D eigenvalue weighted by Crippen LogP contribution is 2.40. The lowest BCUT2D eigenvalue weighted by atomic mass is 10.1. The molecule has 0 atom stereocenters. The molecular formula is C19H22BrNO4. The van der Waals surface area contributed by atoms with Crippen molar-refractivity contribution in [1.82, 2.24) is 5.32 Å². The average Bonchev–Trinajstić information content (AvgIpc) is 2.63. The molecule has 0 aliphatic carbocycles. The molecule has 0 saturated heterocycles. The molecule has 0 aliphatic heterocycles. The molecule has 1 amide bonds. The fraction of sp³-hybridized carbons (Fsp3) is 0.316. The number of benzene rings is 2. The number of carbonyl (C=O) groups is 1. The lowest BCUT2D eigenvalue weighted by molar-refractivity contribution is -0.121. The Bertz CT molecular complexity index is 733. The predicted octanol–water partition coefficient (Wildman–Crippen LogP) is 3.72. The molecule has 0 heterocycles. The Morgan fingerprint density at radius 2 is 1.80 bits per heavy atom. The first-order valence-electron chi connectivity index (χ1n) is 7.88. The maximum atomic E-state index is 12.1. The van der Waals surface area contributed by atoms with Crippen molar-refractivity contribution in [3.63, 3.8) is 0 Å². The molecule has 0 aromatic heterocycles. The summed E-state index contributed by atoms with van der Waals surface area (Å²) in [6.07, 6.45) is 0.910. The van der Waals surface area contributed by atoms with E-state index in [1.165, 1.54) is 0 Å². The van der Waals surface area contributed by atoms with Crippen LogP contribution in [0.1, 0.15) is 17.5 Å². The van der Waals surface area contributed by atoms with Crippen LogP contribution in [0.2, 0.25) is 0 Å². The number of hydrogen-bond donors (Lipinski definition) is 1. The van der Waals surface area contributed by atoms with Gasteiger partial charge in [-0.15, -0.1) is 0 Å². The van der Waals surface area contributed by atoms with Crippen molar-refractivity contribution in [1.29, 1.82) is 0 Å². The van der Waals surface area contributed by atoms with Crippen LogP contribution in [0, 0.1) is 0 Å². The minimum absolute atomic E-state index is 0.0168. The molecule has 2 rings (SSSR count). The van der Waals surface area contributed by atoms with E-state index in [0.29, 0.717) is 36.6 Å². The first kappa shape index (κ1) is 19.1. The number of aryl methyl sites for hydroxylation is 1. The number of rotatable bonds is 8. The van der Waals surface area contributed by atoms with Crippen LogP contribution in [-0.4, -0.2) is 27.2 Å².